The van der Waals surface area contributed by atoms with Crippen LogP contribution in [0.15, 0.2) is 65.6 Å². The zero-order valence-electron chi connectivity index (χ0n) is 19.5. The molecule has 0 radical (unpaired) electrons. The quantitative estimate of drug-likeness (QED) is 0.489. The molecule has 7 nitrogen and oxygen atoms in total. The first-order valence-corrected chi connectivity index (χ1v) is 12.6. The van der Waals surface area contributed by atoms with Crippen molar-refractivity contribution in [3.63, 3.8) is 0 Å². The Morgan fingerprint density at radius 3 is 2.00 bits per heavy atom. The molecule has 0 bridgehead atoms. The molecule has 0 saturated heterocycles. The lowest BCUT2D eigenvalue weighted by molar-refractivity contribution is 0.171. The van der Waals surface area contributed by atoms with Crippen molar-refractivity contribution in [1.82, 2.24) is 4.72 Å². The minimum Gasteiger partial charge on any atom is -0.497 e. The van der Waals surface area contributed by atoms with Gasteiger partial charge in [0.15, 0.2) is 11.5 Å². The normalized spacial score (nSPS) is 13.9. The number of hydrogen-bond acceptors (Lipinski definition) is 6. The fraction of sp³-hybridized carbons (Fsp3) is 0.308. The molecule has 1 aliphatic rings. The van der Waals surface area contributed by atoms with Gasteiger partial charge in [0, 0.05) is 6.07 Å². The van der Waals surface area contributed by atoms with Crippen LogP contribution < -0.4 is 23.7 Å². The lowest BCUT2D eigenvalue weighted by Gasteiger charge is -2.23. The van der Waals surface area contributed by atoms with Gasteiger partial charge in [0.25, 0.3) is 0 Å². The molecule has 3 aromatic rings. The maximum absolute atomic E-state index is 13.6. The van der Waals surface area contributed by atoms with E-state index in [-0.39, 0.29) is 4.90 Å². The van der Waals surface area contributed by atoms with E-state index in [2.05, 4.69) is 4.72 Å². The molecule has 0 aliphatic carbocycles. The van der Waals surface area contributed by atoms with Gasteiger partial charge < -0.3 is 18.9 Å². The predicted octanol–water partition coefficient (Wildman–Crippen LogP) is 4.30. The highest BCUT2D eigenvalue weighted by Crippen LogP contribution is 2.36. The van der Waals surface area contributed by atoms with Crippen LogP contribution in [0.2, 0.25) is 0 Å². The van der Waals surface area contributed by atoms with Gasteiger partial charge in [-0.2, -0.15) is 0 Å². The Balaban J connectivity index is 1.69. The van der Waals surface area contributed by atoms with Crippen LogP contribution in [-0.2, 0) is 22.9 Å². The van der Waals surface area contributed by atoms with Crippen molar-refractivity contribution in [2.24, 2.45) is 0 Å². The van der Waals surface area contributed by atoms with Crippen LogP contribution in [0.1, 0.15) is 29.7 Å². The highest BCUT2D eigenvalue weighted by molar-refractivity contribution is 7.89. The van der Waals surface area contributed by atoms with E-state index in [1.54, 1.807) is 26.4 Å². The Hall–Kier alpha value is -3.23. The summed E-state index contributed by atoms with van der Waals surface area (Å²) in [6.07, 6.45) is 1.00. The number of hydrogen-bond donors (Lipinski definition) is 1. The molecule has 34 heavy (non-hydrogen) atoms. The summed E-state index contributed by atoms with van der Waals surface area (Å²) >= 11 is 0. The number of rotatable bonds is 9. The van der Waals surface area contributed by atoms with Crippen molar-refractivity contribution in [3.05, 3.63) is 77.4 Å². The monoisotopic (exact) mass is 483 g/mol. The number of ether oxygens (including phenoxy) is 4. The number of methoxy groups -OCH3 is 2. The van der Waals surface area contributed by atoms with E-state index in [9.17, 15) is 8.42 Å². The topological polar surface area (TPSA) is 83.1 Å². The van der Waals surface area contributed by atoms with Gasteiger partial charge in [0.1, 0.15) is 24.7 Å². The molecule has 1 atom stereocenters. The maximum atomic E-state index is 13.6. The summed E-state index contributed by atoms with van der Waals surface area (Å²) in [5.74, 6) is 2.47. The van der Waals surface area contributed by atoms with Crippen LogP contribution in [0.25, 0.3) is 0 Å². The molecule has 1 unspecified atom stereocenters. The summed E-state index contributed by atoms with van der Waals surface area (Å²) in [5.41, 5.74) is 2.48. The standard InChI is InChI=1S/C26H29NO6S/c1-4-19-16-24-25(33-14-13-32-24)17-26(19)34(28,29)27-23(20-7-11-22(31-3)12-8-20)15-18-5-9-21(30-2)10-6-18/h5-12,16-17,23,27H,4,13-15H2,1-3H3. The van der Waals surface area contributed by atoms with E-state index < -0.39 is 16.1 Å². The number of nitrogens with one attached hydrogen (secondary N) is 1. The zero-order valence-corrected chi connectivity index (χ0v) is 20.4. The highest BCUT2D eigenvalue weighted by atomic mass is 32.2. The molecule has 8 heteroatoms. The summed E-state index contributed by atoms with van der Waals surface area (Å²) < 4.78 is 52.0. The summed E-state index contributed by atoms with van der Waals surface area (Å²) in [4.78, 5) is 0.201. The van der Waals surface area contributed by atoms with Crippen LogP contribution in [-0.4, -0.2) is 35.9 Å². The lowest BCUT2D eigenvalue weighted by Crippen LogP contribution is -2.31. The minimum atomic E-state index is -3.87. The fourth-order valence-corrected chi connectivity index (χ4v) is 5.48. The third-order valence-corrected chi connectivity index (χ3v) is 7.36. The van der Waals surface area contributed by atoms with Gasteiger partial charge in [-0.3, -0.25) is 0 Å². The Kier molecular flexibility index (Phi) is 7.29. The van der Waals surface area contributed by atoms with Crippen LogP contribution in [0.4, 0.5) is 0 Å². The van der Waals surface area contributed by atoms with Gasteiger partial charge in [-0.25, -0.2) is 13.1 Å². The van der Waals surface area contributed by atoms with E-state index in [0.29, 0.717) is 48.9 Å². The molecule has 4 rings (SSSR count). The van der Waals surface area contributed by atoms with Crippen LogP contribution in [0, 0.1) is 0 Å². The molecule has 0 saturated carbocycles. The van der Waals surface area contributed by atoms with Crippen molar-refractivity contribution < 1.29 is 27.4 Å². The molecule has 1 heterocycles. The molecule has 3 aromatic carbocycles. The van der Waals surface area contributed by atoms with E-state index in [0.717, 1.165) is 16.9 Å². The van der Waals surface area contributed by atoms with Crippen molar-refractivity contribution in [2.45, 2.75) is 30.7 Å². The Bertz CT molecular complexity index is 1220. The molecule has 0 amide bonds. The first kappa shape index (κ1) is 23.9. The highest BCUT2D eigenvalue weighted by Gasteiger charge is 2.27. The SMILES string of the molecule is CCc1cc2c(cc1S(=O)(=O)NC(Cc1ccc(OC)cc1)c1ccc(OC)cc1)OCCO2. The van der Waals surface area contributed by atoms with Crippen molar-refractivity contribution in [2.75, 3.05) is 27.4 Å². The second-order valence-electron chi connectivity index (χ2n) is 7.96. The first-order valence-electron chi connectivity index (χ1n) is 11.1. The predicted molar refractivity (Wildman–Crippen MR) is 130 cm³/mol. The molecular weight excluding hydrogens is 454 g/mol. The molecule has 180 valence electrons. The van der Waals surface area contributed by atoms with Crippen LogP contribution in [0.5, 0.6) is 23.0 Å². The third kappa shape index (κ3) is 5.29. The number of sulfonamides is 1. The van der Waals surface area contributed by atoms with Crippen molar-refractivity contribution in [1.29, 1.82) is 0 Å². The Labute approximate surface area is 200 Å². The number of fused-ring (bicyclic) bond motifs is 1. The maximum Gasteiger partial charge on any atom is 0.241 e. The van der Waals surface area contributed by atoms with E-state index >= 15 is 0 Å². The van der Waals surface area contributed by atoms with Crippen molar-refractivity contribution in [3.8, 4) is 23.0 Å². The zero-order chi connectivity index (χ0) is 24.1. The van der Waals surface area contributed by atoms with Crippen LogP contribution >= 0.6 is 0 Å². The average Bonchev–Trinajstić information content (AvgIpc) is 2.87. The van der Waals surface area contributed by atoms with Gasteiger partial charge in [-0.1, -0.05) is 31.2 Å². The largest absolute Gasteiger partial charge is 0.497 e. The summed E-state index contributed by atoms with van der Waals surface area (Å²) in [5, 5.41) is 0. The second-order valence-corrected chi connectivity index (χ2v) is 9.64. The van der Waals surface area contributed by atoms with Gasteiger partial charge in [0.05, 0.1) is 25.2 Å². The molecule has 1 N–H and O–H groups in total. The van der Waals surface area contributed by atoms with Gasteiger partial charge in [-0.15, -0.1) is 0 Å². The molecular formula is C26H29NO6S. The third-order valence-electron chi connectivity index (χ3n) is 5.81. The first-order chi connectivity index (χ1) is 16.4. The van der Waals surface area contributed by atoms with Gasteiger partial charge >= 0.3 is 0 Å². The molecule has 0 fully saturated rings. The fourth-order valence-electron chi connectivity index (χ4n) is 3.95. The second kappa shape index (κ2) is 10.4. The summed E-state index contributed by atoms with van der Waals surface area (Å²) in [6.45, 7) is 2.75. The van der Waals surface area contributed by atoms with Gasteiger partial charge in [0.2, 0.25) is 10.0 Å². The van der Waals surface area contributed by atoms with Crippen LogP contribution in [0.3, 0.4) is 0 Å². The molecule has 0 spiro atoms. The number of aryl methyl sites for hydroxylation is 1. The van der Waals surface area contributed by atoms with E-state index in [1.165, 1.54) is 0 Å². The van der Waals surface area contributed by atoms with Gasteiger partial charge in [-0.05, 0) is 59.9 Å². The van der Waals surface area contributed by atoms with E-state index in [4.69, 9.17) is 18.9 Å². The Morgan fingerprint density at radius 2 is 1.44 bits per heavy atom. The molecule has 0 aromatic heterocycles. The summed E-state index contributed by atoms with van der Waals surface area (Å²) in [7, 11) is -0.663. The average molecular weight is 484 g/mol. The summed E-state index contributed by atoms with van der Waals surface area (Å²) in [6, 6.07) is 17.8. The smallest absolute Gasteiger partial charge is 0.241 e. The molecule has 1 aliphatic heterocycles. The van der Waals surface area contributed by atoms with E-state index in [1.807, 2.05) is 55.5 Å². The van der Waals surface area contributed by atoms with Crippen molar-refractivity contribution >= 4 is 10.0 Å². The minimum absolute atomic E-state index is 0.201. The lowest BCUT2D eigenvalue weighted by atomic mass is 9.99. The number of benzene rings is 3. The Morgan fingerprint density at radius 1 is 0.882 bits per heavy atom.